The van der Waals surface area contributed by atoms with E-state index < -0.39 is 5.25 Å². The van der Waals surface area contributed by atoms with Crippen LogP contribution in [0.5, 0.6) is 0 Å². The summed E-state index contributed by atoms with van der Waals surface area (Å²) in [5.74, 6) is 0.0135. The number of thioether (sulfide) groups is 1. The lowest BCUT2D eigenvalue weighted by atomic mass is 9.96. The second-order valence-corrected chi connectivity index (χ2v) is 10.5. The number of aryl methyl sites for hydroxylation is 1. The van der Waals surface area contributed by atoms with Gasteiger partial charge in [0, 0.05) is 11.3 Å². The Morgan fingerprint density at radius 1 is 1.29 bits per heavy atom. The molecule has 1 aliphatic heterocycles. The summed E-state index contributed by atoms with van der Waals surface area (Å²) in [5, 5.41) is 0.665. The zero-order valence-corrected chi connectivity index (χ0v) is 19.9. The molecule has 31 heavy (non-hydrogen) atoms. The molecule has 0 fully saturated rings. The summed E-state index contributed by atoms with van der Waals surface area (Å²) in [6.07, 6.45) is 0.800. The topological polar surface area (TPSA) is 70.4 Å². The molecule has 164 valence electrons. The van der Waals surface area contributed by atoms with E-state index in [1.165, 1.54) is 30.2 Å². The highest BCUT2D eigenvalue weighted by Gasteiger charge is 2.29. The Morgan fingerprint density at radius 2 is 2.00 bits per heavy atom. The van der Waals surface area contributed by atoms with Crippen molar-refractivity contribution in [2.45, 2.75) is 57.2 Å². The number of nitrogens with zero attached hydrogens (tertiary/aromatic N) is 2. The largest absolute Gasteiger partial charge is 0.468 e. The Balaban J connectivity index is 1.92. The first-order valence-corrected chi connectivity index (χ1v) is 12.0. The normalized spacial score (nSPS) is 17.0. The highest BCUT2D eigenvalue weighted by Crippen LogP contribution is 2.36. The SMILES string of the molecule is COC(=O)[C@@H](C)Sc1nc2sc3c(c2c(=O)n1-c1ccc(C)cc1)C[C@@H](C(C)C)OC3. The molecule has 2 atom stereocenters. The molecule has 6 nitrogen and oxygen atoms in total. The van der Waals surface area contributed by atoms with Gasteiger partial charge in [-0.1, -0.05) is 43.3 Å². The maximum absolute atomic E-state index is 13.8. The minimum absolute atomic E-state index is 0.0888. The fourth-order valence-corrected chi connectivity index (χ4v) is 5.83. The number of esters is 1. The van der Waals surface area contributed by atoms with E-state index in [1.807, 2.05) is 31.2 Å². The minimum Gasteiger partial charge on any atom is -0.468 e. The number of thiophene rings is 1. The Bertz CT molecular complexity index is 1180. The van der Waals surface area contributed by atoms with Gasteiger partial charge in [0.25, 0.3) is 5.56 Å². The Labute approximate surface area is 189 Å². The lowest BCUT2D eigenvalue weighted by Gasteiger charge is -2.26. The fourth-order valence-electron chi connectivity index (χ4n) is 3.71. The highest BCUT2D eigenvalue weighted by atomic mass is 32.2. The van der Waals surface area contributed by atoms with Gasteiger partial charge in [0.05, 0.1) is 30.9 Å². The molecule has 0 amide bonds. The van der Waals surface area contributed by atoms with Crippen molar-refractivity contribution in [2.75, 3.05) is 7.11 Å². The second-order valence-electron chi connectivity index (χ2n) is 8.14. The number of methoxy groups -OCH3 is 1. The second kappa shape index (κ2) is 8.76. The van der Waals surface area contributed by atoms with Crippen molar-refractivity contribution in [1.29, 1.82) is 0 Å². The first kappa shape index (κ1) is 22.0. The number of fused-ring (bicyclic) bond motifs is 3. The predicted octanol–water partition coefficient (Wildman–Crippen LogP) is 4.51. The molecule has 1 aromatic carbocycles. The van der Waals surface area contributed by atoms with Crippen LogP contribution in [-0.2, 0) is 27.3 Å². The molecule has 8 heteroatoms. The van der Waals surface area contributed by atoms with Gasteiger partial charge in [0.2, 0.25) is 0 Å². The summed E-state index contributed by atoms with van der Waals surface area (Å²) in [7, 11) is 1.36. The zero-order valence-electron chi connectivity index (χ0n) is 18.3. The molecule has 0 unspecified atom stereocenters. The van der Waals surface area contributed by atoms with Gasteiger partial charge < -0.3 is 9.47 Å². The van der Waals surface area contributed by atoms with Crippen molar-refractivity contribution < 1.29 is 14.3 Å². The van der Waals surface area contributed by atoms with Gasteiger partial charge in [-0.15, -0.1) is 11.3 Å². The fraction of sp³-hybridized carbons (Fsp3) is 0.435. The van der Waals surface area contributed by atoms with Crippen molar-refractivity contribution in [3.8, 4) is 5.69 Å². The molecule has 0 spiro atoms. The predicted molar refractivity (Wildman–Crippen MR) is 124 cm³/mol. The zero-order chi connectivity index (χ0) is 22.3. The number of ether oxygens (including phenoxy) is 2. The summed E-state index contributed by atoms with van der Waals surface area (Å²) in [4.78, 5) is 32.5. The van der Waals surface area contributed by atoms with Gasteiger partial charge in [-0.05, 0) is 37.5 Å². The Morgan fingerprint density at radius 3 is 2.65 bits per heavy atom. The van der Waals surface area contributed by atoms with Gasteiger partial charge in [0.1, 0.15) is 10.1 Å². The van der Waals surface area contributed by atoms with Crippen LogP contribution in [0, 0.1) is 12.8 Å². The van der Waals surface area contributed by atoms with Gasteiger partial charge >= 0.3 is 5.97 Å². The van der Waals surface area contributed by atoms with Crippen molar-refractivity contribution in [3.63, 3.8) is 0 Å². The molecule has 3 aromatic rings. The summed E-state index contributed by atoms with van der Waals surface area (Å²) in [6.45, 7) is 8.54. The van der Waals surface area contributed by atoms with E-state index in [0.717, 1.165) is 21.7 Å². The number of carbonyl (C=O) groups is 1. The summed E-state index contributed by atoms with van der Waals surface area (Å²) >= 11 is 2.75. The molecular weight excluding hydrogens is 432 g/mol. The van der Waals surface area contributed by atoms with Crippen molar-refractivity contribution in [2.24, 2.45) is 5.92 Å². The average molecular weight is 459 g/mol. The van der Waals surface area contributed by atoms with Crippen molar-refractivity contribution >= 4 is 39.3 Å². The van der Waals surface area contributed by atoms with Crippen LogP contribution in [0.2, 0.25) is 0 Å². The minimum atomic E-state index is -0.491. The standard InChI is InChI=1S/C23H26N2O4S2/c1-12(2)17-10-16-18(11-29-17)31-20-19(16)21(26)25(15-8-6-13(3)7-9-15)23(24-20)30-14(4)22(27)28-5/h6-9,12,14,17H,10-11H2,1-5H3/t14-,17+/m1/s1. The molecule has 3 heterocycles. The van der Waals surface area contributed by atoms with Crippen molar-refractivity contribution in [3.05, 3.63) is 50.6 Å². The quantitative estimate of drug-likeness (QED) is 0.318. The summed E-state index contributed by atoms with van der Waals surface area (Å²) < 4.78 is 12.5. The first-order chi connectivity index (χ1) is 14.8. The first-order valence-electron chi connectivity index (χ1n) is 10.3. The molecule has 1 aliphatic rings. The van der Waals surface area contributed by atoms with Crippen LogP contribution in [-0.4, -0.2) is 34.0 Å². The van der Waals surface area contributed by atoms with Crippen molar-refractivity contribution in [1.82, 2.24) is 9.55 Å². The van der Waals surface area contributed by atoms with E-state index in [-0.39, 0.29) is 17.6 Å². The number of hydrogen-bond acceptors (Lipinski definition) is 7. The van der Waals surface area contributed by atoms with Crippen LogP contribution in [0.1, 0.15) is 36.8 Å². The number of rotatable bonds is 5. The molecule has 0 saturated carbocycles. The van der Waals surface area contributed by atoms with Crippen LogP contribution in [0.4, 0.5) is 0 Å². The molecule has 2 aromatic heterocycles. The molecule has 0 bridgehead atoms. The third-order valence-electron chi connectivity index (χ3n) is 5.56. The molecule has 4 rings (SSSR count). The third kappa shape index (κ3) is 4.16. The van der Waals surface area contributed by atoms with Crippen LogP contribution in [0.15, 0.2) is 34.2 Å². The van der Waals surface area contributed by atoms with Gasteiger partial charge in [0.15, 0.2) is 5.16 Å². The number of benzene rings is 1. The van der Waals surface area contributed by atoms with Gasteiger partial charge in [-0.2, -0.15) is 0 Å². The smallest absolute Gasteiger partial charge is 0.318 e. The van der Waals surface area contributed by atoms with E-state index >= 15 is 0 Å². The Kier molecular flexibility index (Phi) is 6.23. The van der Waals surface area contributed by atoms with Crippen LogP contribution in [0.25, 0.3) is 15.9 Å². The van der Waals surface area contributed by atoms with Crippen LogP contribution >= 0.6 is 23.1 Å². The van der Waals surface area contributed by atoms with Crippen LogP contribution in [0.3, 0.4) is 0 Å². The van der Waals surface area contributed by atoms with E-state index in [0.29, 0.717) is 34.3 Å². The molecule has 0 aliphatic carbocycles. The molecule has 0 N–H and O–H groups in total. The molecule has 0 saturated heterocycles. The number of hydrogen-bond donors (Lipinski definition) is 0. The van der Waals surface area contributed by atoms with E-state index in [2.05, 4.69) is 13.8 Å². The monoisotopic (exact) mass is 458 g/mol. The maximum atomic E-state index is 13.8. The van der Waals surface area contributed by atoms with E-state index in [4.69, 9.17) is 14.5 Å². The molecular formula is C23H26N2O4S2. The summed E-state index contributed by atoms with van der Waals surface area (Å²) in [5.41, 5.74) is 2.79. The third-order valence-corrected chi connectivity index (χ3v) is 7.69. The average Bonchev–Trinajstić information content (AvgIpc) is 3.11. The van der Waals surface area contributed by atoms with Gasteiger partial charge in [-0.3, -0.25) is 14.2 Å². The number of carbonyl (C=O) groups excluding carboxylic acids is 1. The summed E-state index contributed by atoms with van der Waals surface area (Å²) in [6, 6.07) is 7.76. The Hall–Kier alpha value is -2.16. The van der Waals surface area contributed by atoms with Crippen LogP contribution < -0.4 is 5.56 Å². The number of aromatic nitrogens is 2. The van der Waals surface area contributed by atoms with Gasteiger partial charge in [-0.25, -0.2) is 4.98 Å². The maximum Gasteiger partial charge on any atom is 0.318 e. The van der Waals surface area contributed by atoms with E-state index in [9.17, 15) is 9.59 Å². The highest BCUT2D eigenvalue weighted by molar-refractivity contribution is 8.00. The molecule has 0 radical (unpaired) electrons. The lowest BCUT2D eigenvalue weighted by molar-refractivity contribution is -0.139. The lowest BCUT2D eigenvalue weighted by Crippen LogP contribution is -2.28. The van der Waals surface area contributed by atoms with E-state index in [1.54, 1.807) is 11.5 Å².